The summed E-state index contributed by atoms with van der Waals surface area (Å²) in [6, 6.07) is 7.37. The molecule has 6 heteroatoms. The number of likely N-dealkylation sites (tertiary alicyclic amines) is 1. The van der Waals surface area contributed by atoms with Crippen molar-refractivity contribution in [3.63, 3.8) is 0 Å². The molecule has 3 aliphatic carbocycles. The van der Waals surface area contributed by atoms with Gasteiger partial charge in [-0.1, -0.05) is 12.1 Å². The zero-order chi connectivity index (χ0) is 18.6. The van der Waals surface area contributed by atoms with Gasteiger partial charge in [-0.15, -0.1) is 0 Å². The molecule has 6 rings (SSSR count). The Kier molecular flexibility index (Phi) is 3.93. The van der Waals surface area contributed by atoms with Gasteiger partial charge in [-0.3, -0.25) is 9.59 Å². The van der Waals surface area contributed by atoms with Crippen LogP contribution in [0, 0.1) is 17.8 Å². The first-order valence-electron chi connectivity index (χ1n) is 10.1. The summed E-state index contributed by atoms with van der Waals surface area (Å²) in [6.07, 6.45) is 4.66. The number of carbonyl (C=O) groups is 2. The van der Waals surface area contributed by atoms with E-state index in [2.05, 4.69) is 5.32 Å². The molecule has 5 atom stereocenters. The summed E-state index contributed by atoms with van der Waals surface area (Å²) < 4.78 is 6.36. The van der Waals surface area contributed by atoms with Crippen LogP contribution in [0.3, 0.4) is 0 Å². The number of hydrogen-bond donors (Lipinski definition) is 2. The first kappa shape index (κ1) is 17.0. The number of aliphatic hydroxyl groups excluding tert-OH is 1. The Morgan fingerprint density at radius 1 is 1.26 bits per heavy atom. The third-order valence-electron chi connectivity index (χ3n) is 6.99. The Morgan fingerprint density at radius 2 is 2.11 bits per heavy atom. The first-order valence-corrected chi connectivity index (χ1v) is 10.1. The number of nitrogens with zero attached hydrogens (tertiary/aromatic N) is 1. The van der Waals surface area contributed by atoms with E-state index in [4.69, 9.17) is 4.74 Å². The van der Waals surface area contributed by atoms with E-state index in [1.807, 2.05) is 23.1 Å². The molecule has 2 heterocycles. The number of ether oxygens (including phenoxy) is 1. The SMILES string of the molecule is O=C1N[C@]2(C[C@H]3CC[C@H]2C[C@H]3C(=O)N2CCC[C@H](O)C2)Oc2ccccc21. The topological polar surface area (TPSA) is 78.9 Å². The van der Waals surface area contributed by atoms with Crippen LogP contribution >= 0.6 is 0 Å². The Labute approximate surface area is 158 Å². The zero-order valence-corrected chi connectivity index (χ0v) is 15.4. The van der Waals surface area contributed by atoms with Crippen molar-refractivity contribution in [3.8, 4) is 5.75 Å². The highest BCUT2D eigenvalue weighted by atomic mass is 16.5. The monoisotopic (exact) mass is 370 g/mol. The number of piperidine rings is 1. The van der Waals surface area contributed by atoms with Gasteiger partial charge in [-0.05, 0) is 50.2 Å². The van der Waals surface area contributed by atoms with E-state index in [1.54, 1.807) is 6.07 Å². The molecule has 2 N–H and O–H groups in total. The summed E-state index contributed by atoms with van der Waals surface area (Å²) in [5, 5.41) is 13.1. The molecule has 1 spiro atoms. The second-order valence-corrected chi connectivity index (χ2v) is 8.60. The maximum Gasteiger partial charge on any atom is 0.258 e. The van der Waals surface area contributed by atoms with Crippen molar-refractivity contribution in [2.75, 3.05) is 13.1 Å². The minimum atomic E-state index is -0.674. The number of fused-ring (bicyclic) bond motifs is 3. The summed E-state index contributed by atoms with van der Waals surface area (Å²) in [4.78, 5) is 27.6. The van der Waals surface area contributed by atoms with Crippen LogP contribution < -0.4 is 10.1 Å². The normalized spacial score (nSPS) is 37.5. The number of β-amino-alcohol motifs (C(OH)–C–C–N with tert-alkyl or cyclic N) is 1. The number of carbonyl (C=O) groups excluding carboxylic acids is 2. The zero-order valence-electron chi connectivity index (χ0n) is 15.4. The third-order valence-corrected chi connectivity index (χ3v) is 6.99. The largest absolute Gasteiger partial charge is 0.467 e. The first-order chi connectivity index (χ1) is 13.1. The van der Waals surface area contributed by atoms with Crippen molar-refractivity contribution in [3.05, 3.63) is 29.8 Å². The van der Waals surface area contributed by atoms with Gasteiger partial charge in [0.05, 0.1) is 11.7 Å². The average Bonchev–Trinajstić information content (AvgIpc) is 2.68. The van der Waals surface area contributed by atoms with E-state index < -0.39 is 11.8 Å². The minimum Gasteiger partial charge on any atom is -0.467 e. The molecule has 0 unspecified atom stereocenters. The number of rotatable bonds is 1. The number of benzene rings is 1. The summed E-state index contributed by atoms with van der Waals surface area (Å²) in [5.74, 6) is 1.09. The molecule has 27 heavy (non-hydrogen) atoms. The number of amides is 2. The molecule has 2 amide bonds. The predicted molar refractivity (Wildman–Crippen MR) is 98.0 cm³/mol. The van der Waals surface area contributed by atoms with Gasteiger partial charge < -0.3 is 20.1 Å². The Hall–Kier alpha value is -2.08. The highest BCUT2D eigenvalue weighted by Gasteiger charge is 2.57. The maximum absolute atomic E-state index is 13.1. The number of nitrogens with one attached hydrogen (secondary N) is 1. The van der Waals surface area contributed by atoms with E-state index in [-0.39, 0.29) is 29.6 Å². The summed E-state index contributed by atoms with van der Waals surface area (Å²) in [5.41, 5.74) is -0.0912. The molecule has 6 nitrogen and oxygen atoms in total. The van der Waals surface area contributed by atoms with Gasteiger partial charge >= 0.3 is 0 Å². The highest BCUT2D eigenvalue weighted by molar-refractivity contribution is 5.98. The van der Waals surface area contributed by atoms with Gasteiger partial charge in [0.25, 0.3) is 5.91 Å². The highest BCUT2D eigenvalue weighted by Crippen LogP contribution is 2.52. The third kappa shape index (κ3) is 2.73. The van der Waals surface area contributed by atoms with E-state index in [0.717, 1.165) is 38.6 Å². The Morgan fingerprint density at radius 3 is 2.89 bits per heavy atom. The van der Waals surface area contributed by atoms with E-state index >= 15 is 0 Å². The quantitative estimate of drug-likeness (QED) is 0.792. The molecule has 2 bridgehead atoms. The minimum absolute atomic E-state index is 0.0163. The van der Waals surface area contributed by atoms with E-state index in [0.29, 0.717) is 24.3 Å². The van der Waals surface area contributed by atoms with Crippen LogP contribution in [0.4, 0.5) is 0 Å². The molecule has 2 aliphatic heterocycles. The molecule has 0 radical (unpaired) electrons. The van der Waals surface area contributed by atoms with Gasteiger partial charge in [0, 0.05) is 31.3 Å². The number of aliphatic hydroxyl groups is 1. The van der Waals surface area contributed by atoms with Gasteiger partial charge in [0.1, 0.15) is 5.75 Å². The van der Waals surface area contributed by atoms with Crippen molar-refractivity contribution in [2.24, 2.45) is 17.8 Å². The van der Waals surface area contributed by atoms with Crippen LogP contribution in [0.2, 0.25) is 0 Å². The van der Waals surface area contributed by atoms with Crippen LogP contribution in [-0.4, -0.2) is 46.7 Å². The maximum atomic E-state index is 13.1. The fourth-order valence-corrected chi connectivity index (χ4v) is 5.65. The van der Waals surface area contributed by atoms with Crippen molar-refractivity contribution in [1.29, 1.82) is 0 Å². The van der Waals surface area contributed by atoms with Crippen molar-refractivity contribution >= 4 is 11.8 Å². The lowest BCUT2D eigenvalue weighted by atomic mass is 9.59. The van der Waals surface area contributed by atoms with Crippen molar-refractivity contribution < 1.29 is 19.4 Å². The number of para-hydroxylation sites is 1. The van der Waals surface area contributed by atoms with E-state index in [1.165, 1.54) is 0 Å². The Bertz CT molecular complexity index is 781. The molecule has 4 fully saturated rings. The Balaban J connectivity index is 1.36. The van der Waals surface area contributed by atoms with Gasteiger partial charge in [0.2, 0.25) is 5.91 Å². The molecule has 0 aromatic heterocycles. The average molecular weight is 370 g/mol. The van der Waals surface area contributed by atoms with Gasteiger partial charge in [-0.2, -0.15) is 0 Å². The van der Waals surface area contributed by atoms with Crippen LogP contribution in [0.1, 0.15) is 48.9 Å². The molecular weight excluding hydrogens is 344 g/mol. The second-order valence-electron chi connectivity index (χ2n) is 8.60. The lowest BCUT2D eigenvalue weighted by molar-refractivity contribution is -0.157. The summed E-state index contributed by atoms with van der Waals surface area (Å²) in [7, 11) is 0. The predicted octanol–water partition coefficient (Wildman–Crippen LogP) is 1.92. The van der Waals surface area contributed by atoms with Crippen LogP contribution in [0.25, 0.3) is 0 Å². The molecular formula is C21H26N2O4. The lowest BCUT2D eigenvalue weighted by Gasteiger charge is -2.55. The molecule has 144 valence electrons. The number of hydrogen-bond acceptors (Lipinski definition) is 4. The van der Waals surface area contributed by atoms with Crippen LogP contribution in [-0.2, 0) is 4.79 Å². The fourth-order valence-electron chi connectivity index (χ4n) is 5.65. The van der Waals surface area contributed by atoms with Crippen molar-refractivity contribution in [1.82, 2.24) is 10.2 Å². The smallest absolute Gasteiger partial charge is 0.258 e. The van der Waals surface area contributed by atoms with E-state index in [9.17, 15) is 14.7 Å². The van der Waals surface area contributed by atoms with Gasteiger partial charge in [-0.25, -0.2) is 0 Å². The van der Waals surface area contributed by atoms with Gasteiger partial charge in [0.15, 0.2) is 5.72 Å². The molecule has 1 aromatic rings. The van der Waals surface area contributed by atoms with Crippen LogP contribution in [0.15, 0.2) is 24.3 Å². The standard InChI is InChI=1S/C21H26N2O4/c24-15-4-3-9-23(12-15)20(26)17-10-14-8-7-13(17)11-21(14)22-19(25)16-5-1-2-6-18(16)27-21/h1-2,5-6,13-15,17,24H,3-4,7-12H2,(H,22,25)/t13-,14+,15+,17-,21-/m1/s1. The summed E-state index contributed by atoms with van der Waals surface area (Å²) in [6.45, 7) is 1.20. The van der Waals surface area contributed by atoms with Crippen LogP contribution in [0.5, 0.6) is 5.75 Å². The lowest BCUT2D eigenvalue weighted by Crippen LogP contribution is -2.67. The fraction of sp³-hybridized carbons (Fsp3) is 0.619. The molecule has 1 aromatic carbocycles. The molecule has 1 saturated heterocycles. The molecule has 5 aliphatic rings. The van der Waals surface area contributed by atoms with Crippen molar-refractivity contribution in [2.45, 2.75) is 50.4 Å². The molecule has 3 saturated carbocycles. The second kappa shape index (κ2) is 6.23. The summed E-state index contributed by atoms with van der Waals surface area (Å²) >= 11 is 0.